The van der Waals surface area contributed by atoms with Crippen LogP contribution in [-0.2, 0) is 40.7 Å². The Morgan fingerprint density at radius 1 is 1.04 bits per heavy atom. The van der Waals surface area contributed by atoms with Crippen molar-refractivity contribution < 1.29 is 27.4 Å². The zero-order valence-corrected chi connectivity index (χ0v) is 29.1. The van der Waals surface area contributed by atoms with Gasteiger partial charge >= 0.3 is 6.03 Å². The lowest BCUT2D eigenvalue weighted by Crippen LogP contribution is -2.35. The van der Waals surface area contributed by atoms with Crippen molar-refractivity contribution in [2.24, 2.45) is 0 Å². The fourth-order valence-corrected chi connectivity index (χ4v) is 7.02. The number of nitrogens with one attached hydrogen (secondary N) is 3. The van der Waals surface area contributed by atoms with E-state index in [9.17, 15) is 13.2 Å². The van der Waals surface area contributed by atoms with Crippen molar-refractivity contribution in [1.82, 2.24) is 24.3 Å². The standard InChI is InChI=1S/C34H40N6O6S2/c1-34(2,3)24-15-23(19-37-48(42)43)31(44-4)27(16-24)38-32(41)35-18-22-7-5-6-8-29(22)46-26-9-10-28-30(17-26)47-33-36-20-25(40(28)33)21-39-11-13-45-14-12-39/h5-10,15-17,20,48H,11-14,18-19,21H2,1-4H3,(H2,35,38,41)(H,37,42,43). The molecular weight excluding hydrogens is 653 g/mol. The summed E-state index contributed by atoms with van der Waals surface area (Å²) in [5.74, 6) is 1.69. The number of imidazole rings is 1. The van der Waals surface area contributed by atoms with E-state index in [0.717, 1.165) is 64.8 Å². The van der Waals surface area contributed by atoms with Crippen LogP contribution in [0.25, 0.3) is 15.2 Å². The van der Waals surface area contributed by atoms with Crippen LogP contribution in [0, 0.1) is 0 Å². The molecule has 6 rings (SSSR count). The molecule has 48 heavy (non-hydrogen) atoms. The predicted octanol–water partition coefficient (Wildman–Crippen LogP) is 5.42. The predicted molar refractivity (Wildman–Crippen MR) is 188 cm³/mol. The highest BCUT2D eigenvalue weighted by Crippen LogP contribution is 2.36. The number of aromatic nitrogens is 2. The maximum Gasteiger partial charge on any atom is 0.319 e. The first-order chi connectivity index (χ1) is 23.1. The molecule has 1 aliphatic rings. The molecule has 0 aliphatic carbocycles. The molecule has 0 spiro atoms. The average Bonchev–Trinajstić information content (AvgIpc) is 3.62. The van der Waals surface area contributed by atoms with Crippen LogP contribution in [0.3, 0.4) is 0 Å². The lowest BCUT2D eigenvalue weighted by Gasteiger charge is -2.26. The second-order valence-electron chi connectivity index (χ2n) is 12.6. The molecule has 1 fully saturated rings. The molecule has 0 radical (unpaired) electrons. The van der Waals surface area contributed by atoms with Gasteiger partial charge in [0.1, 0.15) is 17.2 Å². The van der Waals surface area contributed by atoms with E-state index in [4.69, 9.17) is 14.2 Å². The number of ether oxygens (including phenoxy) is 3. The first kappa shape index (κ1) is 33.7. The first-order valence-corrected chi connectivity index (χ1v) is 17.7. The summed E-state index contributed by atoms with van der Waals surface area (Å²) in [6.07, 6.45) is 1.96. The highest BCUT2D eigenvalue weighted by Gasteiger charge is 2.21. The quantitative estimate of drug-likeness (QED) is 0.135. The van der Waals surface area contributed by atoms with Crippen LogP contribution in [-0.4, -0.2) is 62.1 Å². The molecule has 3 heterocycles. The van der Waals surface area contributed by atoms with E-state index in [2.05, 4.69) is 35.7 Å². The number of fused-ring (bicyclic) bond motifs is 3. The molecule has 14 heteroatoms. The summed E-state index contributed by atoms with van der Waals surface area (Å²) < 4.78 is 45.6. The second-order valence-corrected chi connectivity index (χ2v) is 14.4. The van der Waals surface area contributed by atoms with E-state index in [-0.39, 0.29) is 18.5 Å². The number of hydrogen-bond acceptors (Lipinski definition) is 9. The van der Waals surface area contributed by atoms with Crippen LogP contribution in [0.2, 0.25) is 0 Å². The average molecular weight is 693 g/mol. The molecule has 0 bridgehead atoms. The Balaban J connectivity index is 1.16. The molecule has 0 unspecified atom stereocenters. The smallest absolute Gasteiger partial charge is 0.319 e. The van der Waals surface area contributed by atoms with Gasteiger partial charge in [-0.3, -0.25) is 9.30 Å². The maximum absolute atomic E-state index is 13.2. The number of benzene rings is 3. The summed E-state index contributed by atoms with van der Waals surface area (Å²) in [6.45, 7) is 10.5. The highest BCUT2D eigenvalue weighted by atomic mass is 32.2. The van der Waals surface area contributed by atoms with Crippen molar-refractivity contribution in [3.8, 4) is 17.2 Å². The number of carbonyl (C=O) groups is 1. The third-order valence-electron chi connectivity index (χ3n) is 8.19. The van der Waals surface area contributed by atoms with Crippen molar-refractivity contribution in [3.63, 3.8) is 0 Å². The topological polar surface area (TPSA) is 136 Å². The van der Waals surface area contributed by atoms with E-state index in [1.165, 1.54) is 7.11 Å². The van der Waals surface area contributed by atoms with Crippen LogP contribution >= 0.6 is 11.3 Å². The molecule has 3 aromatic carbocycles. The number of hydrogen-bond donors (Lipinski definition) is 4. The van der Waals surface area contributed by atoms with Crippen LogP contribution in [0.15, 0.2) is 60.8 Å². The van der Waals surface area contributed by atoms with Crippen LogP contribution < -0.4 is 24.8 Å². The minimum absolute atomic E-state index is 0.0342. The molecule has 5 aromatic rings. The Morgan fingerprint density at radius 2 is 1.83 bits per heavy atom. The number of thiol groups is 1. The van der Waals surface area contributed by atoms with Crippen molar-refractivity contribution in [2.75, 3.05) is 38.7 Å². The summed E-state index contributed by atoms with van der Waals surface area (Å²) in [5.41, 5.74) is 4.74. The molecule has 3 N–H and O–H groups in total. The van der Waals surface area contributed by atoms with Crippen molar-refractivity contribution in [3.05, 3.63) is 83.2 Å². The number of anilines is 1. The Bertz CT molecular complexity index is 2000. The zero-order chi connectivity index (χ0) is 33.8. The number of amides is 2. The van der Waals surface area contributed by atoms with Gasteiger partial charge < -0.3 is 24.8 Å². The van der Waals surface area contributed by atoms with Gasteiger partial charge in [0.2, 0.25) is 10.9 Å². The van der Waals surface area contributed by atoms with Gasteiger partial charge in [0, 0.05) is 49.9 Å². The van der Waals surface area contributed by atoms with Crippen LogP contribution in [0.1, 0.15) is 43.2 Å². The molecule has 2 amide bonds. The Kier molecular flexibility index (Phi) is 10.2. The van der Waals surface area contributed by atoms with Gasteiger partial charge in [-0.25, -0.2) is 22.9 Å². The number of para-hydroxylation sites is 1. The van der Waals surface area contributed by atoms with E-state index < -0.39 is 16.9 Å². The summed E-state index contributed by atoms with van der Waals surface area (Å²) in [5, 5.41) is 5.81. The van der Waals surface area contributed by atoms with Crippen molar-refractivity contribution >= 4 is 49.1 Å². The van der Waals surface area contributed by atoms with Gasteiger partial charge in [0.05, 0.1) is 48.1 Å². The minimum Gasteiger partial charge on any atom is -0.494 e. The number of methoxy groups -OCH3 is 1. The number of carbonyl (C=O) groups excluding carboxylic acids is 1. The monoisotopic (exact) mass is 692 g/mol. The number of rotatable bonds is 11. The Labute approximate surface area is 285 Å². The number of morpholine rings is 1. The minimum atomic E-state index is -2.80. The molecule has 2 aromatic heterocycles. The van der Waals surface area contributed by atoms with Gasteiger partial charge in [-0.15, -0.1) is 0 Å². The van der Waals surface area contributed by atoms with Crippen molar-refractivity contribution in [1.29, 1.82) is 0 Å². The van der Waals surface area contributed by atoms with E-state index >= 15 is 0 Å². The summed E-state index contributed by atoms with van der Waals surface area (Å²) in [7, 11) is -1.32. The third-order valence-corrected chi connectivity index (χ3v) is 9.62. The summed E-state index contributed by atoms with van der Waals surface area (Å²) >= 11 is 1.62. The molecule has 1 aliphatic heterocycles. The van der Waals surface area contributed by atoms with Gasteiger partial charge in [0.25, 0.3) is 0 Å². The van der Waals surface area contributed by atoms with Crippen molar-refractivity contribution in [2.45, 2.75) is 45.8 Å². The molecule has 254 valence electrons. The third kappa shape index (κ3) is 7.74. The number of nitrogens with zero attached hydrogens (tertiary/aromatic N) is 3. The molecule has 12 nitrogen and oxygen atoms in total. The number of thiazole rings is 1. The Hall–Kier alpha value is -4.21. The first-order valence-electron chi connectivity index (χ1n) is 15.7. The Morgan fingerprint density at radius 3 is 2.58 bits per heavy atom. The fourth-order valence-electron chi connectivity index (χ4n) is 5.68. The normalized spacial score (nSPS) is 14.1. The summed E-state index contributed by atoms with van der Waals surface area (Å²) in [4.78, 5) is 21.2. The molecular formula is C34H40N6O6S2. The van der Waals surface area contributed by atoms with E-state index in [1.54, 1.807) is 11.3 Å². The largest absolute Gasteiger partial charge is 0.494 e. The zero-order valence-electron chi connectivity index (χ0n) is 27.4. The van der Waals surface area contributed by atoms with Gasteiger partial charge in [-0.2, -0.15) is 0 Å². The lowest BCUT2D eigenvalue weighted by molar-refractivity contribution is 0.0336. The maximum atomic E-state index is 13.2. The summed E-state index contributed by atoms with van der Waals surface area (Å²) in [6, 6.07) is 16.9. The highest BCUT2D eigenvalue weighted by molar-refractivity contribution is 7.70. The van der Waals surface area contributed by atoms with Gasteiger partial charge in [-0.1, -0.05) is 56.4 Å². The molecule has 0 atom stereocenters. The van der Waals surface area contributed by atoms with Gasteiger partial charge in [-0.05, 0) is 35.2 Å². The SMILES string of the molecule is COc1c(CN[SH](=O)=O)cc(C(C)(C)C)cc1NC(=O)NCc1ccccc1Oc1ccc2c(c1)sc1ncc(CN3CCOCC3)n12. The lowest BCUT2D eigenvalue weighted by atomic mass is 9.85. The molecule has 1 saturated heterocycles. The van der Waals surface area contributed by atoms with Gasteiger partial charge in [0.15, 0.2) is 4.96 Å². The second kappa shape index (κ2) is 14.5. The van der Waals surface area contributed by atoms with E-state index in [1.807, 2.05) is 75.5 Å². The number of urea groups is 1. The molecule has 0 saturated carbocycles. The fraction of sp³-hybridized carbons (Fsp3) is 0.353. The van der Waals surface area contributed by atoms with Crippen LogP contribution in [0.4, 0.5) is 10.5 Å². The van der Waals surface area contributed by atoms with Crippen LogP contribution in [0.5, 0.6) is 17.2 Å². The van der Waals surface area contributed by atoms with E-state index in [0.29, 0.717) is 28.5 Å².